The molecular formula is C17H32N2O2. The third kappa shape index (κ3) is 3.59. The summed E-state index contributed by atoms with van der Waals surface area (Å²) in [5.41, 5.74) is 6.34. The summed E-state index contributed by atoms with van der Waals surface area (Å²) >= 11 is 0. The van der Waals surface area contributed by atoms with Crippen LogP contribution in [0.3, 0.4) is 0 Å². The number of nitrogens with two attached hydrogens (primary N) is 1. The van der Waals surface area contributed by atoms with Crippen molar-refractivity contribution in [1.29, 1.82) is 0 Å². The Morgan fingerprint density at radius 2 is 1.86 bits per heavy atom. The summed E-state index contributed by atoms with van der Waals surface area (Å²) in [5.74, 6) is 0.669. The molecule has 3 atom stereocenters. The smallest absolute Gasteiger partial charge is 0.223 e. The van der Waals surface area contributed by atoms with E-state index >= 15 is 0 Å². The third-order valence-corrected chi connectivity index (χ3v) is 6.21. The van der Waals surface area contributed by atoms with Crippen LogP contribution in [0.1, 0.15) is 53.4 Å². The molecule has 4 heteroatoms. The number of hydrogen-bond acceptors (Lipinski definition) is 3. The van der Waals surface area contributed by atoms with Gasteiger partial charge in [-0.2, -0.15) is 0 Å². The van der Waals surface area contributed by atoms with Crippen molar-refractivity contribution in [2.24, 2.45) is 28.4 Å². The molecule has 0 spiro atoms. The van der Waals surface area contributed by atoms with Crippen LogP contribution >= 0.6 is 0 Å². The standard InChI is InChI=1S/C17H32N2O2/c1-12-14(18)6-5-13(16(12,2)3)15(20)19-11-17(4)7-9-21-10-8-17/h12-14H,5-11,18H2,1-4H3,(H,19,20). The number of hydrogen-bond donors (Lipinski definition) is 2. The summed E-state index contributed by atoms with van der Waals surface area (Å²) in [7, 11) is 0. The SMILES string of the molecule is CC1C(N)CCC(C(=O)NCC2(C)CCOCC2)C1(C)C. The molecule has 21 heavy (non-hydrogen) atoms. The van der Waals surface area contributed by atoms with Crippen molar-refractivity contribution in [3.8, 4) is 0 Å². The van der Waals surface area contributed by atoms with Crippen molar-refractivity contribution in [3.05, 3.63) is 0 Å². The minimum Gasteiger partial charge on any atom is -0.381 e. The first-order valence-electron chi connectivity index (χ1n) is 8.37. The zero-order chi connectivity index (χ0) is 15.7. The number of ether oxygens (including phenoxy) is 1. The van der Waals surface area contributed by atoms with Gasteiger partial charge in [0.25, 0.3) is 0 Å². The molecule has 1 saturated heterocycles. The fourth-order valence-electron chi connectivity index (χ4n) is 3.78. The Kier molecular flexibility index (Phi) is 4.99. The lowest BCUT2D eigenvalue weighted by Crippen LogP contribution is -2.52. The largest absolute Gasteiger partial charge is 0.381 e. The highest BCUT2D eigenvalue weighted by Gasteiger charge is 2.45. The van der Waals surface area contributed by atoms with Crippen molar-refractivity contribution in [2.45, 2.75) is 59.4 Å². The fourth-order valence-corrected chi connectivity index (χ4v) is 3.78. The number of amides is 1. The Morgan fingerprint density at radius 1 is 1.24 bits per heavy atom. The van der Waals surface area contributed by atoms with Gasteiger partial charge in [0.1, 0.15) is 0 Å². The molecule has 0 aromatic rings. The molecule has 3 unspecified atom stereocenters. The molecule has 2 aliphatic rings. The van der Waals surface area contributed by atoms with Gasteiger partial charge in [-0.15, -0.1) is 0 Å². The topological polar surface area (TPSA) is 64.4 Å². The van der Waals surface area contributed by atoms with Crippen molar-refractivity contribution in [2.75, 3.05) is 19.8 Å². The monoisotopic (exact) mass is 296 g/mol. The second-order valence-electron chi connectivity index (χ2n) is 8.04. The van der Waals surface area contributed by atoms with Gasteiger partial charge < -0.3 is 15.8 Å². The van der Waals surface area contributed by atoms with E-state index in [1.807, 2.05) is 0 Å². The fraction of sp³-hybridized carbons (Fsp3) is 0.941. The number of carbonyl (C=O) groups excluding carboxylic acids is 1. The van der Waals surface area contributed by atoms with Gasteiger partial charge in [-0.25, -0.2) is 0 Å². The molecule has 3 N–H and O–H groups in total. The van der Waals surface area contributed by atoms with Crippen LogP contribution in [0.15, 0.2) is 0 Å². The van der Waals surface area contributed by atoms with Crippen LogP contribution in [-0.4, -0.2) is 31.7 Å². The van der Waals surface area contributed by atoms with E-state index < -0.39 is 0 Å². The highest BCUT2D eigenvalue weighted by Crippen LogP contribution is 2.44. The molecule has 0 aromatic carbocycles. The maximum Gasteiger partial charge on any atom is 0.223 e. The van der Waals surface area contributed by atoms with Crippen LogP contribution in [0.5, 0.6) is 0 Å². The lowest BCUT2D eigenvalue weighted by atomic mass is 9.61. The Morgan fingerprint density at radius 3 is 2.48 bits per heavy atom. The highest BCUT2D eigenvalue weighted by molar-refractivity contribution is 5.79. The van der Waals surface area contributed by atoms with E-state index in [9.17, 15) is 4.79 Å². The van der Waals surface area contributed by atoms with Gasteiger partial charge in [0.2, 0.25) is 5.91 Å². The Labute approximate surface area is 129 Å². The lowest BCUT2D eigenvalue weighted by molar-refractivity contribution is -0.133. The van der Waals surface area contributed by atoms with Crippen LogP contribution in [0.2, 0.25) is 0 Å². The molecule has 2 rings (SSSR count). The van der Waals surface area contributed by atoms with E-state index in [0.29, 0.717) is 5.92 Å². The molecule has 1 aliphatic heterocycles. The van der Waals surface area contributed by atoms with Crippen molar-refractivity contribution in [3.63, 3.8) is 0 Å². The van der Waals surface area contributed by atoms with Crippen LogP contribution in [-0.2, 0) is 9.53 Å². The predicted molar refractivity (Wildman–Crippen MR) is 84.8 cm³/mol. The van der Waals surface area contributed by atoms with Gasteiger partial charge >= 0.3 is 0 Å². The highest BCUT2D eigenvalue weighted by atomic mass is 16.5. The first-order chi connectivity index (χ1) is 9.76. The average Bonchev–Trinajstić information content (AvgIpc) is 2.43. The van der Waals surface area contributed by atoms with Gasteiger partial charge in [0.05, 0.1) is 0 Å². The van der Waals surface area contributed by atoms with Crippen molar-refractivity contribution in [1.82, 2.24) is 5.32 Å². The van der Waals surface area contributed by atoms with Gasteiger partial charge in [-0.05, 0) is 42.4 Å². The molecular weight excluding hydrogens is 264 g/mol. The Bertz CT molecular complexity index is 375. The maximum absolute atomic E-state index is 12.7. The summed E-state index contributed by atoms with van der Waals surface area (Å²) in [4.78, 5) is 12.7. The normalized spacial score (nSPS) is 35.2. The predicted octanol–water partition coefficient (Wildman–Crippen LogP) is 2.32. The van der Waals surface area contributed by atoms with E-state index in [0.717, 1.165) is 45.4 Å². The molecule has 4 nitrogen and oxygen atoms in total. The lowest BCUT2D eigenvalue weighted by Gasteiger charge is -2.46. The Hall–Kier alpha value is -0.610. The summed E-state index contributed by atoms with van der Waals surface area (Å²) in [5, 5.41) is 3.22. The molecule has 0 radical (unpaired) electrons. The number of rotatable bonds is 3. The van der Waals surface area contributed by atoms with Crippen molar-refractivity contribution < 1.29 is 9.53 Å². The second kappa shape index (κ2) is 6.25. The van der Waals surface area contributed by atoms with Crippen LogP contribution < -0.4 is 11.1 Å². The summed E-state index contributed by atoms with van der Waals surface area (Å²) in [6.45, 7) is 11.2. The zero-order valence-corrected chi connectivity index (χ0v) is 14.1. The van der Waals surface area contributed by atoms with Gasteiger partial charge in [-0.3, -0.25) is 4.79 Å². The van der Waals surface area contributed by atoms with Gasteiger partial charge in [-0.1, -0.05) is 27.7 Å². The molecule has 2 fully saturated rings. The first-order valence-corrected chi connectivity index (χ1v) is 8.37. The van der Waals surface area contributed by atoms with E-state index in [-0.39, 0.29) is 28.7 Å². The van der Waals surface area contributed by atoms with Gasteiger partial charge in [0.15, 0.2) is 0 Å². The Balaban J connectivity index is 1.93. The number of carbonyl (C=O) groups is 1. The minimum absolute atomic E-state index is 0.0294. The second-order valence-corrected chi connectivity index (χ2v) is 8.04. The first kappa shape index (κ1) is 16.8. The summed E-state index contributed by atoms with van der Waals surface area (Å²) in [6, 6.07) is 0.220. The van der Waals surface area contributed by atoms with Crippen LogP contribution in [0.4, 0.5) is 0 Å². The average molecular weight is 296 g/mol. The number of nitrogens with one attached hydrogen (secondary N) is 1. The van der Waals surface area contributed by atoms with Gasteiger partial charge in [0, 0.05) is 31.7 Å². The molecule has 0 aromatic heterocycles. The minimum atomic E-state index is -0.0294. The third-order valence-electron chi connectivity index (χ3n) is 6.21. The molecule has 1 aliphatic carbocycles. The van der Waals surface area contributed by atoms with Crippen molar-refractivity contribution >= 4 is 5.91 Å². The molecule has 122 valence electrons. The zero-order valence-electron chi connectivity index (χ0n) is 14.1. The van der Waals surface area contributed by atoms with Crippen LogP contribution in [0.25, 0.3) is 0 Å². The maximum atomic E-state index is 12.7. The summed E-state index contributed by atoms with van der Waals surface area (Å²) < 4.78 is 5.42. The van der Waals surface area contributed by atoms with E-state index in [4.69, 9.17) is 10.5 Å². The molecule has 0 bridgehead atoms. The van der Waals surface area contributed by atoms with E-state index in [1.165, 1.54) is 0 Å². The van der Waals surface area contributed by atoms with E-state index in [2.05, 4.69) is 33.0 Å². The quantitative estimate of drug-likeness (QED) is 0.840. The molecule has 1 heterocycles. The molecule has 1 amide bonds. The molecule has 1 saturated carbocycles. The van der Waals surface area contributed by atoms with Crippen LogP contribution in [0, 0.1) is 22.7 Å². The summed E-state index contributed by atoms with van der Waals surface area (Å²) in [6.07, 6.45) is 3.92. The van der Waals surface area contributed by atoms with E-state index in [1.54, 1.807) is 0 Å².